The van der Waals surface area contributed by atoms with E-state index in [1.54, 1.807) is 0 Å². The first-order valence-corrected chi connectivity index (χ1v) is 11.5. The summed E-state index contributed by atoms with van der Waals surface area (Å²) < 4.78 is 0. The number of hydrogen-bond donors (Lipinski definition) is 1. The Hall–Kier alpha value is -1.68. The molecular weight excluding hydrogens is 356 g/mol. The quantitative estimate of drug-likeness (QED) is 0.825. The van der Waals surface area contributed by atoms with Crippen LogP contribution in [-0.4, -0.2) is 59.8 Å². The highest BCUT2D eigenvalue weighted by molar-refractivity contribution is 5.67. The predicted octanol–water partition coefficient (Wildman–Crippen LogP) is 4.30. The first-order valence-electron chi connectivity index (χ1n) is 11.5. The van der Waals surface area contributed by atoms with E-state index in [0.29, 0.717) is 12.0 Å². The van der Waals surface area contributed by atoms with Crippen molar-refractivity contribution in [1.29, 1.82) is 0 Å². The summed E-state index contributed by atoms with van der Waals surface area (Å²) in [5, 5.41) is 10.2. The monoisotopic (exact) mass is 390 g/mol. The second-order valence-electron chi connectivity index (χ2n) is 9.43. The lowest BCUT2D eigenvalue weighted by Crippen LogP contribution is -2.67. The molecule has 3 fully saturated rings. The highest BCUT2D eigenvalue weighted by Crippen LogP contribution is 2.43. The highest BCUT2D eigenvalue weighted by Gasteiger charge is 2.49. The zero-order chi connectivity index (χ0) is 19.8. The van der Waals surface area contributed by atoms with Gasteiger partial charge in [0.2, 0.25) is 0 Å². The maximum atomic E-state index is 10.2. The lowest BCUT2D eigenvalue weighted by Gasteiger charge is -2.57. The average Bonchev–Trinajstić information content (AvgIpc) is 3.54. The smallest absolute Gasteiger partial charge is 0.0593 e. The molecule has 3 aliphatic rings. The summed E-state index contributed by atoms with van der Waals surface area (Å²) in [6, 6.07) is 18.6. The zero-order valence-corrected chi connectivity index (χ0v) is 17.6. The van der Waals surface area contributed by atoms with Crippen LogP contribution in [0.2, 0.25) is 0 Å². The van der Waals surface area contributed by atoms with Crippen molar-refractivity contribution in [1.82, 2.24) is 9.80 Å². The van der Waals surface area contributed by atoms with Crippen molar-refractivity contribution in [3.8, 4) is 11.1 Å². The van der Waals surface area contributed by atoms with Crippen LogP contribution in [0.1, 0.15) is 42.7 Å². The number of aliphatic hydroxyl groups is 1. The summed E-state index contributed by atoms with van der Waals surface area (Å²) in [4.78, 5) is 5.32. The first kappa shape index (κ1) is 19.3. The van der Waals surface area contributed by atoms with Gasteiger partial charge in [-0.15, -0.1) is 0 Å². The van der Waals surface area contributed by atoms with E-state index >= 15 is 0 Å². The molecule has 1 aliphatic carbocycles. The summed E-state index contributed by atoms with van der Waals surface area (Å²) in [6.07, 6.45) is 5.40. The summed E-state index contributed by atoms with van der Waals surface area (Å²) in [6.45, 7) is 7.29. The number of nitrogens with zero attached hydrogens (tertiary/aromatic N) is 2. The average molecular weight is 391 g/mol. The van der Waals surface area contributed by atoms with Gasteiger partial charge in [0.1, 0.15) is 0 Å². The van der Waals surface area contributed by atoms with Gasteiger partial charge in [0, 0.05) is 31.1 Å². The van der Waals surface area contributed by atoms with Gasteiger partial charge in [-0.2, -0.15) is 0 Å². The minimum Gasteiger partial charge on any atom is -0.395 e. The molecule has 29 heavy (non-hydrogen) atoms. The number of aryl methyl sites for hydroxylation is 1. The van der Waals surface area contributed by atoms with Crippen LogP contribution < -0.4 is 0 Å². The fraction of sp³-hybridized carbons (Fsp3) is 0.538. The van der Waals surface area contributed by atoms with E-state index in [0.717, 1.165) is 19.0 Å². The van der Waals surface area contributed by atoms with Gasteiger partial charge in [0.05, 0.1) is 6.61 Å². The molecule has 2 saturated heterocycles. The normalized spacial score (nSPS) is 28.3. The Morgan fingerprint density at radius 1 is 0.966 bits per heavy atom. The highest BCUT2D eigenvalue weighted by atomic mass is 16.3. The van der Waals surface area contributed by atoms with Crippen molar-refractivity contribution in [2.24, 2.45) is 5.92 Å². The Labute approximate surface area is 175 Å². The van der Waals surface area contributed by atoms with E-state index in [4.69, 9.17) is 0 Å². The van der Waals surface area contributed by atoms with Gasteiger partial charge in [-0.25, -0.2) is 0 Å². The lowest BCUT2D eigenvalue weighted by molar-refractivity contribution is -0.0649. The summed E-state index contributed by atoms with van der Waals surface area (Å²) in [7, 11) is 0. The van der Waals surface area contributed by atoms with Crippen LogP contribution in [0.5, 0.6) is 0 Å². The summed E-state index contributed by atoms with van der Waals surface area (Å²) in [5.74, 6) is 1.40. The van der Waals surface area contributed by atoms with E-state index in [-0.39, 0.29) is 12.6 Å². The minimum atomic E-state index is 0.267. The van der Waals surface area contributed by atoms with Gasteiger partial charge >= 0.3 is 0 Å². The first-order chi connectivity index (χ1) is 14.2. The molecular formula is C26H34N2O. The minimum absolute atomic E-state index is 0.267. The van der Waals surface area contributed by atoms with E-state index < -0.39 is 0 Å². The Morgan fingerprint density at radius 3 is 2.45 bits per heavy atom. The molecule has 3 nitrogen and oxygen atoms in total. The van der Waals surface area contributed by atoms with Gasteiger partial charge < -0.3 is 10.0 Å². The van der Waals surface area contributed by atoms with Gasteiger partial charge in [-0.05, 0) is 73.9 Å². The molecule has 5 rings (SSSR count). The molecule has 0 radical (unpaired) electrons. The Balaban J connectivity index is 1.37. The second-order valence-corrected chi connectivity index (χ2v) is 9.43. The molecule has 2 aromatic carbocycles. The fourth-order valence-electron chi connectivity index (χ4n) is 5.62. The molecule has 154 valence electrons. The van der Waals surface area contributed by atoms with Crippen LogP contribution in [0.25, 0.3) is 11.1 Å². The number of aliphatic hydroxyl groups excluding tert-OH is 1. The second kappa shape index (κ2) is 8.22. The van der Waals surface area contributed by atoms with Crippen LogP contribution in [0.15, 0.2) is 48.5 Å². The van der Waals surface area contributed by atoms with Crippen LogP contribution in [0.4, 0.5) is 0 Å². The molecule has 2 aliphatic heterocycles. The van der Waals surface area contributed by atoms with Crippen molar-refractivity contribution in [2.45, 2.75) is 50.6 Å². The zero-order valence-electron chi connectivity index (χ0n) is 17.6. The number of fused-ring (bicyclic) bond motifs is 1. The van der Waals surface area contributed by atoms with Gasteiger partial charge in [0.25, 0.3) is 0 Å². The lowest BCUT2D eigenvalue weighted by atomic mass is 9.74. The van der Waals surface area contributed by atoms with E-state index in [1.165, 1.54) is 61.0 Å². The Morgan fingerprint density at radius 2 is 1.72 bits per heavy atom. The molecule has 3 atom stereocenters. The van der Waals surface area contributed by atoms with Crippen LogP contribution in [-0.2, 0) is 0 Å². The fourth-order valence-corrected chi connectivity index (χ4v) is 5.62. The largest absolute Gasteiger partial charge is 0.395 e. The molecule has 2 aromatic rings. The number of rotatable bonds is 5. The van der Waals surface area contributed by atoms with Crippen molar-refractivity contribution < 1.29 is 5.11 Å². The van der Waals surface area contributed by atoms with E-state index in [1.807, 2.05) is 0 Å². The molecule has 0 bridgehead atoms. The van der Waals surface area contributed by atoms with Crippen LogP contribution in [0, 0.1) is 12.8 Å². The number of benzene rings is 2. The third-order valence-electron chi connectivity index (χ3n) is 7.42. The SMILES string of the molecule is Cc1ccccc1-c1ccc([C@H]2[C@@H](CO)N3CCCCN(CC4CC4)C[C@@H]23)cc1. The third kappa shape index (κ3) is 3.88. The van der Waals surface area contributed by atoms with Crippen molar-refractivity contribution in [3.63, 3.8) is 0 Å². The van der Waals surface area contributed by atoms with Crippen LogP contribution >= 0.6 is 0 Å². The summed E-state index contributed by atoms with van der Waals surface area (Å²) in [5.41, 5.74) is 5.32. The van der Waals surface area contributed by atoms with Gasteiger partial charge in [-0.3, -0.25) is 4.90 Å². The van der Waals surface area contributed by atoms with E-state index in [9.17, 15) is 5.11 Å². The maximum absolute atomic E-state index is 10.2. The molecule has 2 heterocycles. The molecule has 1 N–H and O–H groups in total. The molecule has 3 heteroatoms. The molecule has 0 amide bonds. The third-order valence-corrected chi connectivity index (χ3v) is 7.42. The van der Waals surface area contributed by atoms with Crippen molar-refractivity contribution >= 4 is 0 Å². The maximum Gasteiger partial charge on any atom is 0.0593 e. The molecule has 0 aromatic heterocycles. The van der Waals surface area contributed by atoms with Crippen molar-refractivity contribution in [3.05, 3.63) is 59.7 Å². The van der Waals surface area contributed by atoms with E-state index in [2.05, 4.69) is 65.3 Å². The molecule has 0 unspecified atom stereocenters. The van der Waals surface area contributed by atoms with Gasteiger partial charge in [0.15, 0.2) is 0 Å². The molecule has 1 saturated carbocycles. The van der Waals surface area contributed by atoms with Crippen LogP contribution in [0.3, 0.4) is 0 Å². The molecule has 0 spiro atoms. The Bertz CT molecular complexity index is 829. The number of hydrogen-bond acceptors (Lipinski definition) is 3. The van der Waals surface area contributed by atoms with Gasteiger partial charge in [-0.1, -0.05) is 48.5 Å². The van der Waals surface area contributed by atoms with Crippen molar-refractivity contribution in [2.75, 3.05) is 32.8 Å². The topological polar surface area (TPSA) is 26.7 Å². The Kier molecular flexibility index (Phi) is 5.47. The summed E-state index contributed by atoms with van der Waals surface area (Å²) >= 11 is 0. The predicted molar refractivity (Wildman–Crippen MR) is 119 cm³/mol. The standard InChI is InChI=1S/C26H34N2O/c1-19-6-2-3-7-23(19)21-10-12-22(13-11-21)26-24-17-27(16-20-8-9-20)14-4-5-15-28(24)25(26)18-29/h2-3,6-7,10-13,20,24-26,29H,4-5,8-9,14-18H2,1H3/t24-,25+,26+/m0/s1.